The summed E-state index contributed by atoms with van der Waals surface area (Å²) in [6.45, 7) is 6.91. The first-order valence-electron chi connectivity index (χ1n) is 5.65. The predicted molar refractivity (Wildman–Crippen MR) is 67.4 cm³/mol. The van der Waals surface area contributed by atoms with Gasteiger partial charge in [-0.05, 0) is 31.4 Å². The van der Waals surface area contributed by atoms with E-state index in [-0.39, 0.29) is 5.91 Å². The summed E-state index contributed by atoms with van der Waals surface area (Å²) in [5.41, 5.74) is 7.91. The molecule has 0 aliphatic carbocycles. The first-order valence-corrected chi connectivity index (χ1v) is 5.65. The summed E-state index contributed by atoms with van der Waals surface area (Å²) in [7, 11) is 0. The number of amides is 1. The van der Waals surface area contributed by atoms with E-state index in [9.17, 15) is 4.79 Å². The molecule has 0 radical (unpaired) electrons. The number of anilines is 1. The average Bonchev–Trinajstić information content (AvgIpc) is 2.21. The van der Waals surface area contributed by atoms with Crippen molar-refractivity contribution in [2.75, 3.05) is 12.3 Å². The Kier molecular flexibility index (Phi) is 4.35. The Morgan fingerprint density at radius 1 is 1.44 bits per heavy atom. The number of nitrogen functional groups attached to an aromatic ring is 1. The molecular weight excluding hydrogens is 200 g/mol. The van der Waals surface area contributed by atoms with Crippen LogP contribution < -0.4 is 11.1 Å². The number of aryl methyl sites for hydroxylation is 1. The normalized spacial score (nSPS) is 10.5. The molecular formula is C13H20N2O. The highest BCUT2D eigenvalue weighted by Gasteiger charge is 2.09. The van der Waals surface area contributed by atoms with Crippen LogP contribution >= 0.6 is 0 Å². The number of hydrogen-bond acceptors (Lipinski definition) is 2. The van der Waals surface area contributed by atoms with Crippen LogP contribution in [0.25, 0.3) is 0 Å². The van der Waals surface area contributed by atoms with Gasteiger partial charge >= 0.3 is 0 Å². The van der Waals surface area contributed by atoms with Crippen LogP contribution in [0.4, 0.5) is 5.69 Å². The topological polar surface area (TPSA) is 55.1 Å². The van der Waals surface area contributed by atoms with Gasteiger partial charge in [0.05, 0.1) is 5.56 Å². The molecule has 88 valence electrons. The highest BCUT2D eigenvalue weighted by atomic mass is 16.1. The lowest BCUT2D eigenvalue weighted by Gasteiger charge is -2.09. The standard InChI is InChI=1S/C13H20N2O/c1-9(2)6-7-15-13(16)11-8-10(3)4-5-12(11)14/h4-5,8-9H,6-7,14H2,1-3H3,(H,15,16). The van der Waals surface area contributed by atoms with Crippen molar-refractivity contribution >= 4 is 11.6 Å². The molecule has 0 aliphatic heterocycles. The third-order valence-corrected chi connectivity index (χ3v) is 2.46. The SMILES string of the molecule is Cc1ccc(N)c(C(=O)NCCC(C)C)c1. The molecule has 3 N–H and O–H groups in total. The molecule has 1 rings (SSSR count). The van der Waals surface area contributed by atoms with Gasteiger partial charge in [0, 0.05) is 12.2 Å². The van der Waals surface area contributed by atoms with Crippen molar-refractivity contribution in [2.24, 2.45) is 5.92 Å². The molecule has 3 nitrogen and oxygen atoms in total. The van der Waals surface area contributed by atoms with Crippen LogP contribution in [0.1, 0.15) is 36.2 Å². The van der Waals surface area contributed by atoms with Crippen LogP contribution in [0, 0.1) is 12.8 Å². The number of carbonyl (C=O) groups excluding carboxylic acids is 1. The Balaban J connectivity index is 2.62. The first-order chi connectivity index (χ1) is 7.50. The van der Waals surface area contributed by atoms with E-state index in [4.69, 9.17) is 5.73 Å². The quantitative estimate of drug-likeness (QED) is 0.765. The summed E-state index contributed by atoms with van der Waals surface area (Å²) in [5, 5.41) is 2.88. The fourth-order valence-corrected chi connectivity index (χ4v) is 1.44. The van der Waals surface area contributed by atoms with Gasteiger partial charge in [-0.3, -0.25) is 4.79 Å². The molecule has 0 fully saturated rings. The van der Waals surface area contributed by atoms with Crippen molar-refractivity contribution in [3.63, 3.8) is 0 Å². The average molecular weight is 220 g/mol. The second-order valence-corrected chi connectivity index (χ2v) is 4.53. The number of carbonyl (C=O) groups is 1. The molecule has 0 saturated carbocycles. The zero-order valence-electron chi connectivity index (χ0n) is 10.2. The van der Waals surface area contributed by atoms with E-state index >= 15 is 0 Å². The molecule has 1 amide bonds. The largest absolute Gasteiger partial charge is 0.398 e. The highest BCUT2D eigenvalue weighted by Crippen LogP contribution is 2.13. The second-order valence-electron chi connectivity index (χ2n) is 4.53. The summed E-state index contributed by atoms with van der Waals surface area (Å²) < 4.78 is 0. The summed E-state index contributed by atoms with van der Waals surface area (Å²) in [4.78, 5) is 11.8. The van der Waals surface area contributed by atoms with Crippen LogP contribution in [0.5, 0.6) is 0 Å². The molecule has 1 aromatic rings. The van der Waals surface area contributed by atoms with Gasteiger partial charge in [-0.1, -0.05) is 25.5 Å². The van der Waals surface area contributed by atoms with E-state index in [0.29, 0.717) is 23.7 Å². The number of rotatable bonds is 4. The van der Waals surface area contributed by atoms with Gasteiger partial charge in [-0.25, -0.2) is 0 Å². The van der Waals surface area contributed by atoms with Crippen molar-refractivity contribution in [1.82, 2.24) is 5.32 Å². The molecule has 16 heavy (non-hydrogen) atoms. The summed E-state index contributed by atoms with van der Waals surface area (Å²) in [5.74, 6) is 0.511. The molecule has 0 spiro atoms. The summed E-state index contributed by atoms with van der Waals surface area (Å²) >= 11 is 0. The maximum atomic E-state index is 11.8. The van der Waals surface area contributed by atoms with Crippen LogP contribution in [0.3, 0.4) is 0 Å². The third kappa shape index (κ3) is 3.57. The summed E-state index contributed by atoms with van der Waals surface area (Å²) in [6.07, 6.45) is 0.984. The van der Waals surface area contributed by atoms with Crippen molar-refractivity contribution in [3.05, 3.63) is 29.3 Å². The van der Waals surface area contributed by atoms with Gasteiger partial charge in [-0.15, -0.1) is 0 Å². The minimum atomic E-state index is -0.0816. The van der Waals surface area contributed by atoms with Gasteiger partial charge in [0.1, 0.15) is 0 Å². The van der Waals surface area contributed by atoms with Gasteiger partial charge in [0.15, 0.2) is 0 Å². The van der Waals surface area contributed by atoms with E-state index < -0.39 is 0 Å². The van der Waals surface area contributed by atoms with Crippen molar-refractivity contribution < 1.29 is 4.79 Å². The minimum Gasteiger partial charge on any atom is -0.398 e. The zero-order chi connectivity index (χ0) is 12.1. The van der Waals surface area contributed by atoms with E-state index in [1.807, 2.05) is 19.1 Å². The van der Waals surface area contributed by atoms with Crippen molar-refractivity contribution in [3.8, 4) is 0 Å². The maximum absolute atomic E-state index is 11.8. The number of hydrogen-bond donors (Lipinski definition) is 2. The molecule has 0 aliphatic rings. The number of benzene rings is 1. The molecule has 0 aromatic heterocycles. The van der Waals surface area contributed by atoms with Crippen LogP contribution in [-0.4, -0.2) is 12.5 Å². The number of nitrogens with one attached hydrogen (secondary N) is 1. The Hall–Kier alpha value is -1.51. The molecule has 0 heterocycles. The molecule has 0 atom stereocenters. The fourth-order valence-electron chi connectivity index (χ4n) is 1.44. The lowest BCUT2D eigenvalue weighted by molar-refractivity contribution is 0.0953. The number of nitrogens with two attached hydrogens (primary N) is 1. The molecule has 0 bridgehead atoms. The molecule has 1 aromatic carbocycles. The van der Waals surface area contributed by atoms with Gasteiger partial charge in [0.25, 0.3) is 5.91 Å². The van der Waals surface area contributed by atoms with E-state index in [2.05, 4.69) is 19.2 Å². The highest BCUT2D eigenvalue weighted by molar-refractivity contribution is 5.99. The van der Waals surface area contributed by atoms with Gasteiger partial charge < -0.3 is 11.1 Å². The van der Waals surface area contributed by atoms with Crippen molar-refractivity contribution in [2.45, 2.75) is 27.2 Å². The third-order valence-electron chi connectivity index (χ3n) is 2.46. The van der Waals surface area contributed by atoms with Crippen molar-refractivity contribution in [1.29, 1.82) is 0 Å². The van der Waals surface area contributed by atoms with E-state index in [1.54, 1.807) is 6.07 Å². The zero-order valence-corrected chi connectivity index (χ0v) is 10.2. The predicted octanol–water partition coefficient (Wildman–Crippen LogP) is 2.35. The Morgan fingerprint density at radius 2 is 2.12 bits per heavy atom. The smallest absolute Gasteiger partial charge is 0.253 e. The van der Waals surface area contributed by atoms with E-state index in [0.717, 1.165) is 12.0 Å². The summed E-state index contributed by atoms with van der Waals surface area (Å²) in [6, 6.07) is 5.49. The Labute approximate surface area is 97.0 Å². The van der Waals surface area contributed by atoms with Gasteiger partial charge in [-0.2, -0.15) is 0 Å². The van der Waals surface area contributed by atoms with E-state index in [1.165, 1.54) is 0 Å². The fraction of sp³-hybridized carbons (Fsp3) is 0.462. The molecule has 0 saturated heterocycles. The van der Waals surface area contributed by atoms with Crippen LogP contribution in [0.15, 0.2) is 18.2 Å². The Bertz CT molecular complexity index is 372. The minimum absolute atomic E-state index is 0.0816. The molecule has 3 heteroatoms. The maximum Gasteiger partial charge on any atom is 0.253 e. The monoisotopic (exact) mass is 220 g/mol. The van der Waals surface area contributed by atoms with Gasteiger partial charge in [0.2, 0.25) is 0 Å². The molecule has 0 unspecified atom stereocenters. The lowest BCUT2D eigenvalue weighted by Crippen LogP contribution is -2.26. The first kappa shape index (κ1) is 12.6. The second kappa shape index (κ2) is 5.54. The Morgan fingerprint density at radius 3 is 2.75 bits per heavy atom. The lowest BCUT2D eigenvalue weighted by atomic mass is 10.1. The van der Waals surface area contributed by atoms with Crippen LogP contribution in [0.2, 0.25) is 0 Å². The van der Waals surface area contributed by atoms with Crippen LogP contribution in [-0.2, 0) is 0 Å².